The summed E-state index contributed by atoms with van der Waals surface area (Å²) in [5, 5.41) is 4.41. The fourth-order valence-electron chi connectivity index (χ4n) is 3.71. The molecule has 0 N–H and O–H groups in total. The number of morpholine rings is 1. The van der Waals surface area contributed by atoms with Crippen LogP contribution < -0.4 is 4.74 Å². The van der Waals surface area contributed by atoms with E-state index in [1.165, 1.54) is 5.56 Å². The summed E-state index contributed by atoms with van der Waals surface area (Å²) in [6.45, 7) is 3.66. The van der Waals surface area contributed by atoms with E-state index in [1.54, 1.807) is 17.5 Å². The third-order valence-corrected chi connectivity index (χ3v) is 5.55. The highest BCUT2D eigenvalue weighted by Gasteiger charge is 2.41. The SMILES string of the molecule is c1ccc(OC[C@@H]2C[C@H]3OCCN(Cc4ccsc4)[C@H]3C2)nc1. The summed E-state index contributed by atoms with van der Waals surface area (Å²) >= 11 is 1.77. The van der Waals surface area contributed by atoms with E-state index in [0.717, 1.165) is 45.0 Å². The Kier molecular flexibility index (Phi) is 4.60. The second-order valence-electron chi connectivity index (χ2n) is 6.40. The average molecular weight is 330 g/mol. The number of rotatable bonds is 5. The molecule has 2 aromatic heterocycles. The smallest absolute Gasteiger partial charge is 0.213 e. The summed E-state index contributed by atoms with van der Waals surface area (Å²) in [5.41, 5.74) is 1.42. The van der Waals surface area contributed by atoms with Gasteiger partial charge in [0.2, 0.25) is 5.88 Å². The molecular weight excluding hydrogens is 308 g/mol. The van der Waals surface area contributed by atoms with Gasteiger partial charge in [0.25, 0.3) is 0 Å². The van der Waals surface area contributed by atoms with E-state index in [4.69, 9.17) is 9.47 Å². The number of hydrogen-bond donors (Lipinski definition) is 0. The minimum Gasteiger partial charge on any atom is -0.477 e. The van der Waals surface area contributed by atoms with Crippen molar-refractivity contribution in [1.29, 1.82) is 0 Å². The lowest BCUT2D eigenvalue weighted by Crippen LogP contribution is -2.47. The second kappa shape index (κ2) is 6.99. The highest BCUT2D eigenvalue weighted by Crippen LogP contribution is 2.35. The Morgan fingerprint density at radius 2 is 2.30 bits per heavy atom. The molecule has 1 aliphatic carbocycles. The summed E-state index contributed by atoms with van der Waals surface area (Å²) in [4.78, 5) is 6.83. The minimum atomic E-state index is 0.361. The number of thiophene rings is 1. The fourth-order valence-corrected chi connectivity index (χ4v) is 4.37. The third kappa shape index (κ3) is 3.57. The van der Waals surface area contributed by atoms with Crippen LogP contribution in [-0.4, -0.2) is 41.8 Å². The lowest BCUT2D eigenvalue weighted by molar-refractivity contribution is -0.0589. The molecule has 1 saturated heterocycles. The molecule has 2 fully saturated rings. The zero-order valence-corrected chi connectivity index (χ0v) is 14.0. The molecule has 4 rings (SSSR count). The molecule has 122 valence electrons. The number of hydrogen-bond acceptors (Lipinski definition) is 5. The molecule has 5 heteroatoms. The number of aromatic nitrogens is 1. The van der Waals surface area contributed by atoms with E-state index >= 15 is 0 Å². The van der Waals surface area contributed by atoms with Gasteiger partial charge in [0.05, 0.1) is 19.3 Å². The van der Waals surface area contributed by atoms with Gasteiger partial charge in [-0.3, -0.25) is 4.90 Å². The molecule has 1 saturated carbocycles. The van der Waals surface area contributed by atoms with Crippen LogP contribution in [-0.2, 0) is 11.3 Å². The predicted molar refractivity (Wildman–Crippen MR) is 90.7 cm³/mol. The molecule has 3 atom stereocenters. The maximum absolute atomic E-state index is 6.02. The first-order chi connectivity index (χ1) is 11.4. The Morgan fingerprint density at radius 3 is 3.13 bits per heavy atom. The van der Waals surface area contributed by atoms with Gasteiger partial charge in [0, 0.05) is 31.4 Å². The van der Waals surface area contributed by atoms with Crippen molar-refractivity contribution in [1.82, 2.24) is 9.88 Å². The van der Waals surface area contributed by atoms with E-state index in [9.17, 15) is 0 Å². The van der Waals surface area contributed by atoms with E-state index < -0.39 is 0 Å². The van der Waals surface area contributed by atoms with Gasteiger partial charge in [-0.15, -0.1) is 0 Å². The molecule has 0 aromatic carbocycles. The largest absolute Gasteiger partial charge is 0.477 e. The monoisotopic (exact) mass is 330 g/mol. The van der Waals surface area contributed by atoms with E-state index in [0.29, 0.717) is 18.1 Å². The zero-order chi connectivity index (χ0) is 15.5. The van der Waals surface area contributed by atoms with E-state index in [-0.39, 0.29) is 0 Å². The Bertz CT molecular complexity index is 605. The van der Waals surface area contributed by atoms with Crippen LogP contribution >= 0.6 is 11.3 Å². The highest BCUT2D eigenvalue weighted by atomic mass is 32.1. The molecule has 0 amide bonds. The van der Waals surface area contributed by atoms with Crippen LogP contribution in [0.4, 0.5) is 0 Å². The molecule has 23 heavy (non-hydrogen) atoms. The number of nitrogens with zero attached hydrogens (tertiary/aromatic N) is 2. The predicted octanol–water partition coefficient (Wildman–Crippen LogP) is 3.20. The molecule has 0 spiro atoms. The normalized spacial score (nSPS) is 27.7. The van der Waals surface area contributed by atoms with Crippen molar-refractivity contribution in [3.05, 3.63) is 46.8 Å². The first-order valence-corrected chi connectivity index (χ1v) is 9.23. The quantitative estimate of drug-likeness (QED) is 0.843. The molecular formula is C18H22N2O2S. The maximum atomic E-state index is 6.02. The number of fused-ring (bicyclic) bond motifs is 1. The summed E-state index contributed by atoms with van der Waals surface area (Å²) in [6, 6.07) is 8.55. The molecule has 3 heterocycles. The van der Waals surface area contributed by atoms with Gasteiger partial charge in [0.15, 0.2) is 0 Å². The first kappa shape index (κ1) is 15.1. The molecule has 2 aliphatic rings. The molecule has 0 bridgehead atoms. The van der Waals surface area contributed by atoms with Gasteiger partial charge >= 0.3 is 0 Å². The van der Waals surface area contributed by atoms with Gasteiger partial charge in [-0.05, 0) is 47.2 Å². The van der Waals surface area contributed by atoms with Crippen molar-refractivity contribution in [3.63, 3.8) is 0 Å². The average Bonchev–Trinajstić information content (AvgIpc) is 3.23. The maximum Gasteiger partial charge on any atom is 0.213 e. The molecule has 1 aliphatic heterocycles. The Labute approximate surface area is 141 Å². The van der Waals surface area contributed by atoms with Crippen LogP contribution in [0.2, 0.25) is 0 Å². The van der Waals surface area contributed by atoms with Gasteiger partial charge in [0.1, 0.15) is 0 Å². The third-order valence-electron chi connectivity index (χ3n) is 4.82. The molecule has 0 unspecified atom stereocenters. The topological polar surface area (TPSA) is 34.6 Å². The Balaban J connectivity index is 1.35. The summed E-state index contributed by atoms with van der Waals surface area (Å²) < 4.78 is 11.9. The second-order valence-corrected chi connectivity index (χ2v) is 7.18. The minimum absolute atomic E-state index is 0.361. The van der Waals surface area contributed by atoms with Crippen LogP contribution in [0.15, 0.2) is 41.2 Å². The highest BCUT2D eigenvalue weighted by molar-refractivity contribution is 7.07. The number of pyridine rings is 1. The van der Waals surface area contributed by atoms with E-state index in [2.05, 4.69) is 26.7 Å². The fraction of sp³-hybridized carbons (Fsp3) is 0.500. The van der Waals surface area contributed by atoms with Gasteiger partial charge in [-0.1, -0.05) is 6.07 Å². The molecule has 0 radical (unpaired) electrons. The Hall–Kier alpha value is -1.43. The number of ether oxygens (including phenoxy) is 2. The van der Waals surface area contributed by atoms with Gasteiger partial charge in [-0.25, -0.2) is 4.98 Å². The standard InChI is InChI=1S/C18H22N2O2S/c1-2-5-19-18(3-1)22-12-15-9-16-17(10-15)21-7-6-20(16)11-14-4-8-23-13-14/h1-5,8,13,15-17H,6-7,9-12H2/t15-,16-,17+/m0/s1. The van der Waals surface area contributed by atoms with Crippen LogP contribution in [0.25, 0.3) is 0 Å². The van der Waals surface area contributed by atoms with Gasteiger partial charge < -0.3 is 9.47 Å². The van der Waals surface area contributed by atoms with Crippen LogP contribution in [0.1, 0.15) is 18.4 Å². The van der Waals surface area contributed by atoms with Crippen LogP contribution in [0.5, 0.6) is 5.88 Å². The van der Waals surface area contributed by atoms with Gasteiger partial charge in [-0.2, -0.15) is 11.3 Å². The lowest BCUT2D eigenvalue weighted by atomic mass is 10.1. The van der Waals surface area contributed by atoms with Crippen molar-refractivity contribution < 1.29 is 9.47 Å². The molecule has 4 nitrogen and oxygen atoms in total. The summed E-state index contributed by atoms with van der Waals surface area (Å²) in [5.74, 6) is 1.27. The van der Waals surface area contributed by atoms with Crippen molar-refractivity contribution in [2.24, 2.45) is 5.92 Å². The van der Waals surface area contributed by atoms with Crippen molar-refractivity contribution in [2.45, 2.75) is 31.5 Å². The lowest BCUT2D eigenvalue weighted by Gasteiger charge is -2.37. The van der Waals surface area contributed by atoms with Crippen molar-refractivity contribution >= 4 is 11.3 Å². The van der Waals surface area contributed by atoms with Crippen LogP contribution in [0.3, 0.4) is 0 Å². The molecule has 2 aromatic rings. The van der Waals surface area contributed by atoms with Crippen LogP contribution in [0, 0.1) is 5.92 Å². The summed E-state index contributed by atoms with van der Waals surface area (Å²) in [6.07, 6.45) is 4.38. The zero-order valence-electron chi connectivity index (χ0n) is 13.1. The Morgan fingerprint density at radius 1 is 1.30 bits per heavy atom. The van der Waals surface area contributed by atoms with Crippen molar-refractivity contribution in [3.8, 4) is 5.88 Å². The van der Waals surface area contributed by atoms with Crippen molar-refractivity contribution in [2.75, 3.05) is 19.8 Å². The van der Waals surface area contributed by atoms with E-state index in [1.807, 2.05) is 18.2 Å². The summed E-state index contributed by atoms with van der Waals surface area (Å²) in [7, 11) is 0. The first-order valence-electron chi connectivity index (χ1n) is 8.29.